The van der Waals surface area contributed by atoms with Crippen LogP contribution in [0.5, 0.6) is 0 Å². The molecule has 0 bridgehead atoms. The summed E-state index contributed by atoms with van der Waals surface area (Å²) in [6, 6.07) is 18.9. The number of benzene rings is 2. The largest absolute Gasteiger partial charge is 0.357 e. The Morgan fingerprint density at radius 1 is 0.682 bits per heavy atom. The lowest BCUT2D eigenvalue weighted by Crippen LogP contribution is -2.37. The van der Waals surface area contributed by atoms with Crippen LogP contribution in [-0.4, -0.2) is 17.3 Å². The highest BCUT2D eigenvalue weighted by atomic mass is 32.2. The number of anilines is 1. The average molecular weight is 590 g/mol. The first kappa shape index (κ1) is 26.6. The van der Waals surface area contributed by atoms with Gasteiger partial charge in [0.1, 0.15) is 0 Å². The molecule has 7 aliphatic rings. The van der Waals surface area contributed by atoms with Gasteiger partial charge in [-0.05, 0) is 94.5 Å². The van der Waals surface area contributed by atoms with E-state index in [9.17, 15) is 0 Å². The third-order valence-corrected chi connectivity index (χ3v) is 12.5. The van der Waals surface area contributed by atoms with E-state index in [0.717, 1.165) is 18.1 Å². The normalized spacial score (nSPS) is 32.7. The predicted molar refractivity (Wildman–Crippen MR) is 188 cm³/mol. The molecule has 2 heterocycles. The SMILES string of the molecule is C1=CC2C3C=C(C4=CC=C5SC6CCC=CC6C5C4)C=CC3N(c3cc(C4=CCCC=C4)cc(-c4ccccc4)c3)C2C=C1. The number of hydrogen-bond donors (Lipinski definition) is 0. The summed E-state index contributed by atoms with van der Waals surface area (Å²) in [5.41, 5.74) is 9.55. The summed E-state index contributed by atoms with van der Waals surface area (Å²) in [5, 5.41) is 0.781. The fourth-order valence-electron chi connectivity index (χ4n) is 8.78. The molecule has 7 atom stereocenters. The topological polar surface area (TPSA) is 3.24 Å². The van der Waals surface area contributed by atoms with Gasteiger partial charge in [-0.2, -0.15) is 0 Å². The van der Waals surface area contributed by atoms with Crippen LogP contribution in [0.3, 0.4) is 0 Å². The highest BCUT2D eigenvalue weighted by molar-refractivity contribution is 8.04. The Hall–Kier alpha value is -3.75. The first-order valence-corrected chi connectivity index (χ1v) is 17.5. The molecule has 0 saturated carbocycles. The van der Waals surface area contributed by atoms with Gasteiger partial charge in [-0.3, -0.25) is 0 Å². The van der Waals surface area contributed by atoms with Crippen LogP contribution in [0.1, 0.15) is 37.7 Å². The Kier molecular flexibility index (Phi) is 6.66. The molecule has 2 heteroatoms. The zero-order valence-corrected chi connectivity index (χ0v) is 26.0. The monoisotopic (exact) mass is 589 g/mol. The molecule has 2 aliphatic heterocycles. The number of allylic oxidation sites excluding steroid dienone is 14. The van der Waals surface area contributed by atoms with Crippen LogP contribution in [0.2, 0.25) is 0 Å². The number of rotatable bonds is 4. The molecule has 1 nitrogen and oxygen atoms in total. The van der Waals surface area contributed by atoms with Crippen molar-refractivity contribution in [1.29, 1.82) is 0 Å². The van der Waals surface area contributed by atoms with Crippen molar-refractivity contribution in [2.45, 2.75) is 49.4 Å². The Bertz CT molecular complexity index is 1760. The summed E-state index contributed by atoms with van der Waals surface area (Å²) in [7, 11) is 0. The van der Waals surface area contributed by atoms with Crippen LogP contribution in [0, 0.1) is 23.7 Å². The van der Waals surface area contributed by atoms with Gasteiger partial charge < -0.3 is 4.90 Å². The maximum Gasteiger partial charge on any atom is 0.0552 e. The summed E-state index contributed by atoms with van der Waals surface area (Å²) in [6.07, 6.45) is 40.0. The van der Waals surface area contributed by atoms with Crippen LogP contribution in [0.4, 0.5) is 5.69 Å². The number of thioether (sulfide) groups is 1. The molecule has 2 aromatic carbocycles. The summed E-state index contributed by atoms with van der Waals surface area (Å²) in [5.74, 6) is 2.29. The summed E-state index contributed by atoms with van der Waals surface area (Å²) < 4.78 is 0. The van der Waals surface area contributed by atoms with Crippen LogP contribution < -0.4 is 4.90 Å². The number of nitrogens with zero attached hydrogens (tertiary/aromatic N) is 1. The minimum atomic E-state index is 0.332. The molecule has 0 radical (unpaired) electrons. The van der Waals surface area contributed by atoms with E-state index in [2.05, 4.69) is 150 Å². The van der Waals surface area contributed by atoms with E-state index in [4.69, 9.17) is 0 Å². The highest BCUT2D eigenvalue weighted by Crippen LogP contribution is 2.55. The fraction of sp³-hybridized carbons (Fsp3) is 0.286. The fourth-order valence-corrected chi connectivity index (χ4v) is 10.4. The lowest BCUT2D eigenvalue weighted by molar-refractivity contribution is 0.442. The number of hydrogen-bond acceptors (Lipinski definition) is 2. The summed E-state index contributed by atoms with van der Waals surface area (Å²) >= 11 is 2.16. The van der Waals surface area contributed by atoms with E-state index >= 15 is 0 Å². The molecule has 9 rings (SSSR count). The van der Waals surface area contributed by atoms with Crippen molar-refractivity contribution in [3.8, 4) is 11.1 Å². The van der Waals surface area contributed by atoms with Gasteiger partial charge in [-0.1, -0.05) is 115 Å². The lowest BCUT2D eigenvalue weighted by Gasteiger charge is -2.33. The molecule has 2 aromatic rings. The molecular weight excluding hydrogens is 551 g/mol. The second-order valence-electron chi connectivity index (χ2n) is 13.4. The lowest BCUT2D eigenvalue weighted by atomic mass is 9.75. The minimum Gasteiger partial charge on any atom is -0.357 e. The molecule has 2 fully saturated rings. The van der Waals surface area contributed by atoms with Crippen LogP contribution in [0.15, 0.2) is 150 Å². The quantitative estimate of drug-likeness (QED) is 0.326. The van der Waals surface area contributed by atoms with Crippen molar-refractivity contribution in [1.82, 2.24) is 0 Å². The Morgan fingerprint density at radius 2 is 1.57 bits per heavy atom. The zero-order chi connectivity index (χ0) is 29.0. The first-order valence-electron chi connectivity index (χ1n) is 16.7. The van der Waals surface area contributed by atoms with E-state index in [0.29, 0.717) is 35.8 Å². The smallest absolute Gasteiger partial charge is 0.0552 e. The maximum absolute atomic E-state index is 2.72. The van der Waals surface area contributed by atoms with Crippen molar-refractivity contribution in [2.75, 3.05) is 4.90 Å². The van der Waals surface area contributed by atoms with Gasteiger partial charge in [0.25, 0.3) is 0 Å². The van der Waals surface area contributed by atoms with E-state index in [-0.39, 0.29) is 0 Å². The maximum atomic E-state index is 2.72. The van der Waals surface area contributed by atoms with Crippen molar-refractivity contribution in [2.24, 2.45) is 23.7 Å². The standard InChI is InChI=1S/C42H39NS/c1-3-11-28(12-4-1)32-23-33(29-13-5-2-6-14-29)25-34(24-32)43-39-17-9-7-15-35(39)37-26-30(19-21-40(37)43)31-20-22-42-38(27-31)36-16-8-10-18-41(36)44-42/h1,3-5,7-9,11-17,19-26,35-41H,2,6,10,18,27H2. The third kappa shape index (κ3) is 4.53. The van der Waals surface area contributed by atoms with Crippen molar-refractivity contribution in [3.05, 3.63) is 155 Å². The summed E-state index contributed by atoms with van der Waals surface area (Å²) in [4.78, 5) is 4.35. The molecule has 0 aromatic heterocycles. The summed E-state index contributed by atoms with van der Waals surface area (Å²) in [6.45, 7) is 0. The van der Waals surface area contributed by atoms with Gasteiger partial charge >= 0.3 is 0 Å². The van der Waals surface area contributed by atoms with Crippen LogP contribution in [0.25, 0.3) is 16.7 Å². The van der Waals surface area contributed by atoms with Gasteiger partial charge in [0.05, 0.1) is 12.1 Å². The Labute approximate surface area is 266 Å². The molecule has 5 aliphatic carbocycles. The minimum absolute atomic E-state index is 0.332. The van der Waals surface area contributed by atoms with Crippen LogP contribution >= 0.6 is 11.8 Å². The molecular formula is C42H39NS. The predicted octanol–water partition coefficient (Wildman–Crippen LogP) is 10.4. The van der Waals surface area contributed by atoms with E-state index in [1.807, 2.05) is 0 Å². The van der Waals surface area contributed by atoms with Gasteiger partial charge in [0, 0.05) is 28.7 Å². The van der Waals surface area contributed by atoms with E-state index < -0.39 is 0 Å². The first-order chi connectivity index (χ1) is 21.8. The Balaban J connectivity index is 1.08. The molecule has 44 heavy (non-hydrogen) atoms. The van der Waals surface area contributed by atoms with Gasteiger partial charge in [0.15, 0.2) is 0 Å². The van der Waals surface area contributed by atoms with Gasteiger partial charge in [-0.25, -0.2) is 0 Å². The molecule has 2 saturated heterocycles. The zero-order valence-electron chi connectivity index (χ0n) is 25.1. The van der Waals surface area contributed by atoms with E-state index in [1.54, 1.807) is 4.91 Å². The van der Waals surface area contributed by atoms with Gasteiger partial charge in [0.2, 0.25) is 0 Å². The van der Waals surface area contributed by atoms with Crippen molar-refractivity contribution in [3.63, 3.8) is 0 Å². The van der Waals surface area contributed by atoms with Crippen molar-refractivity contribution < 1.29 is 0 Å². The van der Waals surface area contributed by atoms with E-state index in [1.165, 1.54) is 58.4 Å². The Morgan fingerprint density at radius 3 is 2.48 bits per heavy atom. The highest BCUT2D eigenvalue weighted by Gasteiger charge is 2.47. The van der Waals surface area contributed by atoms with Gasteiger partial charge in [-0.15, -0.1) is 11.8 Å². The average Bonchev–Trinajstić information content (AvgIpc) is 3.64. The molecule has 0 N–H and O–H groups in total. The second kappa shape index (κ2) is 11.0. The second-order valence-corrected chi connectivity index (χ2v) is 14.7. The van der Waals surface area contributed by atoms with Crippen molar-refractivity contribution >= 4 is 23.0 Å². The van der Waals surface area contributed by atoms with Crippen LogP contribution in [-0.2, 0) is 0 Å². The molecule has 0 spiro atoms. The third-order valence-electron chi connectivity index (χ3n) is 10.9. The number of fused-ring (bicyclic) bond motifs is 6. The molecule has 218 valence electrons. The molecule has 0 amide bonds. The molecule has 7 unspecified atom stereocenters.